The van der Waals surface area contributed by atoms with E-state index in [4.69, 9.17) is 0 Å². The molecule has 0 N–H and O–H groups in total. The molecule has 0 saturated carbocycles. The Morgan fingerprint density at radius 1 is 1.50 bits per heavy atom. The second-order valence-corrected chi connectivity index (χ2v) is 1.74. The van der Waals surface area contributed by atoms with Crippen LogP contribution in [-0.2, 0) is 0 Å². The first-order valence-electron chi connectivity index (χ1n) is 2.59. The molecule has 1 aromatic heterocycles. The van der Waals surface area contributed by atoms with E-state index in [1.807, 2.05) is 13.0 Å². The number of rotatable bonds is 0. The molecule has 0 amide bonds. The number of hydrogen-bond donors (Lipinski definition) is 0. The normalized spacial score (nSPS) is 7.90. The monoisotopic (exact) mass is 363 g/mol. The Kier molecular flexibility index (Phi) is 6.39. The van der Waals surface area contributed by atoms with Crippen LogP contribution in [-0.4, -0.2) is 0 Å². The lowest BCUT2D eigenvalue weighted by atomic mass is 10.3. The summed E-state index contributed by atoms with van der Waals surface area (Å²) in [7, 11) is 0. The minimum Gasteiger partial charge on any atom is -0.619 e. The number of aromatic nitrogens is 1. The first kappa shape index (κ1) is 10.4. The summed E-state index contributed by atoms with van der Waals surface area (Å²) >= 11 is 4.24. The third kappa shape index (κ3) is 4.26. The van der Waals surface area contributed by atoms with E-state index in [2.05, 4.69) is 37.2 Å². The molecule has 0 aliphatic carbocycles. The van der Waals surface area contributed by atoms with Gasteiger partial charge >= 0.3 is 0 Å². The van der Waals surface area contributed by atoms with Gasteiger partial charge in [-0.05, 0) is 13.0 Å². The maximum Gasteiger partial charge on any atom is 0.183 e. The molecule has 56 valence electrons. The molecule has 0 aromatic carbocycles. The Morgan fingerprint density at radius 2 is 2.10 bits per heavy atom. The van der Waals surface area contributed by atoms with Crippen molar-refractivity contribution < 1.29 is 4.73 Å². The molecule has 0 fully saturated rings. The highest BCUT2D eigenvalue weighted by atomic mass is 128. The van der Waals surface area contributed by atoms with Crippen molar-refractivity contribution in [1.82, 2.24) is 0 Å². The molecule has 1 aromatic rings. The number of pyridine rings is 1. The molecule has 0 bridgehead atoms. The molecule has 0 radical (unpaired) electrons. The van der Waals surface area contributed by atoms with Gasteiger partial charge in [-0.3, -0.25) is 0 Å². The van der Waals surface area contributed by atoms with Gasteiger partial charge in [0.15, 0.2) is 12.4 Å². The average Bonchev–Trinajstić information content (AvgIpc) is 1.91. The lowest BCUT2D eigenvalue weighted by molar-refractivity contribution is -0.605. The van der Waals surface area contributed by atoms with Crippen molar-refractivity contribution >= 4 is 37.2 Å². The predicted molar refractivity (Wildman–Crippen MR) is 58.2 cm³/mol. The van der Waals surface area contributed by atoms with Gasteiger partial charge in [0.05, 0.1) is 0 Å². The Balaban J connectivity index is 0.000000371. The zero-order valence-corrected chi connectivity index (χ0v) is 9.74. The summed E-state index contributed by atoms with van der Waals surface area (Å²) in [6.07, 6.45) is 2.99. The van der Waals surface area contributed by atoms with Crippen LogP contribution in [0.25, 0.3) is 0 Å². The zero-order chi connectivity index (χ0) is 7.98. The van der Waals surface area contributed by atoms with Gasteiger partial charge in [0, 0.05) is 48.9 Å². The number of nitrogens with zero attached hydrogens (tertiary/aromatic N) is 1. The van der Waals surface area contributed by atoms with E-state index in [-0.39, 0.29) is 0 Å². The third-order valence-electron chi connectivity index (χ3n) is 0.923. The Hall–Kier alpha value is 0.410. The van der Waals surface area contributed by atoms with Crippen LogP contribution in [0.4, 0.5) is 0 Å². The van der Waals surface area contributed by atoms with Crippen LogP contribution < -0.4 is 4.73 Å². The van der Waals surface area contributed by atoms with Gasteiger partial charge < -0.3 is 5.21 Å². The highest BCUT2D eigenvalue weighted by Crippen LogP contribution is 1.89. The van der Waals surface area contributed by atoms with Gasteiger partial charge in [-0.1, -0.05) is 0 Å². The minimum absolute atomic E-state index is 0.787. The fraction of sp³-hybridized carbons (Fsp3) is 0.167. The van der Waals surface area contributed by atoms with Gasteiger partial charge in [-0.25, -0.2) is 0 Å². The molecule has 1 heterocycles. The lowest BCUT2D eigenvalue weighted by Crippen LogP contribution is -2.23. The minimum atomic E-state index is 0.787. The standard InChI is InChI=1S/C6H7NO.I2/c1-6-3-2-4-7(8)5-6;1-2/h2-5H,1H3;. The van der Waals surface area contributed by atoms with Crippen molar-refractivity contribution in [2.75, 3.05) is 0 Å². The van der Waals surface area contributed by atoms with Gasteiger partial charge in [-0.15, -0.1) is 0 Å². The van der Waals surface area contributed by atoms with E-state index in [9.17, 15) is 5.21 Å². The first-order valence-corrected chi connectivity index (χ1v) is 8.87. The van der Waals surface area contributed by atoms with Gasteiger partial charge in [0.2, 0.25) is 0 Å². The predicted octanol–water partition coefficient (Wildman–Crippen LogP) is 2.40. The fourth-order valence-electron chi connectivity index (χ4n) is 0.566. The molecular weight excluding hydrogens is 356 g/mol. The molecule has 0 aliphatic heterocycles. The van der Waals surface area contributed by atoms with E-state index in [1.165, 1.54) is 12.4 Å². The van der Waals surface area contributed by atoms with Gasteiger partial charge in [-0.2, -0.15) is 4.73 Å². The number of halogens is 2. The van der Waals surface area contributed by atoms with E-state index in [1.54, 1.807) is 6.07 Å². The SMILES string of the molecule is Cc1ccc[n+]([O-])c1.II. The lowest BCUT2D eigenvalue weighted by Gasteiger charge is -1.92. The summed E-state index contributed by atoms with van der Waals surface area (Å²) in [5, 5.41) is 10.4. The molecule has 1 rings (SSSR count). The average molecular weight is 363 g/mol. The highest BCUT2D eigenvalue weighted by Gasteiger charge is 1.85. The molecule has 2 nitrogen and oxygen atoms in total. The Morgan fingerprint density at radius 3 is 2.40 bits per heavy atom. The summed E-state index contributed by atoms with van der Waals surface area (Å²) in [4.78, 5) is 0. The Bertz CT molecular complexity index is 176. The van der Waals surface area contributed by atoms with Gasteiger partial charge in [0.1, 0.15) is 0 Å². The second kappa shape index (κ2) is 6.14. The van der Waals surface area contributed by atoms with Crippen LogP contribution in [0, 0.1) is 12.1 Å². The van der Waals surface area contributed by atoms with Crippen LogP contribution in [0.2, 0.25) is 0 Å². The van der Waals surface area contributed by atoms with E-state index in [0.717, 1.165) is 10.3 Å². The van der Waals surface area contributed by atoms with Crippen molar-refractivity contribution in [2.24, 2.45) is 0 Å². The molecular formula is C6H7I2NO. The summed E-state index contributed by atoms with van der Waals surface area (Å²) in [5.41, 5.74) is 0.988. The first-order chi connectivity index (χ1) is 4.79. The van der Waals surface area contributed by atoms with Crippen LogP contribution in [0.1, 0.15) is 5.56 Å². The molecule has 0 spiro atoms. The quantitative estimate of drug-likeness (QED) is 0.395. The fourth-order valence-corrected chi connectivity index (χ4v) is 0.566. The van der Waals surface area contributed by atoms with Crippen molar-refractivity contribution in [3.63, 3.8) is 0 Å². The number of hydrogen-bond acceptors (Lipinski definition) is 1. The topological polar surface area (TPSA) is 26.9 Å². The summed E-state index contributed by atoms with van der Waals surface area (Å²) in [6.45, 7) is 1.88. The summed E-state index contributed by atoms with van der Waals surface area (Å²) in [6, 6.07) is 3.61. The largest absolute Gasteiger partial charge is 0.619 e. The molecule has 0 saturated heterocycles. The molecule has 0 aliphatic rings. The maximum absolute atomic E-state index is 10.4. The van der Waals surface area contributed by atoms with Crippen LogP contribution in [0.15, 0.2) is 24.5 Å². The van der Waals surface area contributed by atoms with E-state index in [0.29, 0.717) is 0 Å². The van der Waals surface area contributed by atoms with Crippen LogP contribution in [0.5, 0.6) is 0 Å². The maximum atomic E-state index is 10.4. The van der Waals surface area contributed by atoms with Crippen molar-refractivity contribution in [3.05, 3.63) is 35.3 Å². The molecule has 10 heavy (non-hydrogen) atoms. The smallest absolute Gasteiger partial charge is 0.183 e. The van der Waals surface area contributed by atoms with E-state index >= 15 is 0 Å². The number of aryl methyl sites for hydroxylation is 1. The van der Waals surface area contributed by atoms with Crippen molar-refractivity contribution in [2.45, 2.75) is 6.92 Å². The van der Waals surface area contributed by atoms with Crippen LogP contribution >= 0.6 is 37.2 Å². The van der Waals surface area contributed by atoms with Crippen molar-refractivity contribution in [1.29, 1.82) is 0 Å². The Labute approximate surface area is 83.5 Å². The molecule has 0 atom stereocenters. The van der Waals surface area contributed by atoms with Crippen molar-refractivity contribution in [3.8, 4) is 0 Å². The highest BCUT2D eigenvalue weighted by molar-refractivity contribution is 15.0. The third-order valence-corrected chi connectivity index (χ3v) is 0.923. The summed E-state index contributed by atoms with van der Waals surface area (Å²) < 4.78 is 0.787. The second-order valence-electron chi connectivity index (χ2n) is 1.74. The zero-order valence-electron chi connectivity index (χ0n) is 5.42. The summed E-state index contributed by atoms with van der Waals surface area (Å²) in [5.74, 6) is 0. The van der Waals surface area contributed by atoms with Crippen LogP contribution in [0.3, 0.4) is 0 Å². The van der Waals surface area contributed by atoms with E-state index < -0.39 is 0 Å². The van der Waals surface area contributed by atoms with Gasteiger partial charge in [0.25, 0.3) is 0 Å². The molecule has 4 heteroatoms. The molecule has 0 unspecified atom stereocenters.